The fraction of sp³-hybridized carbons (Fsp3) is 0.500. The van der Waals surface area contributed by atoms with Crippen LogP contribution >= 0.6 is 11.6 Å². The molecule has 7 nitrogen and oxygen atoms in total. The molecule has 4 rings (SSSR count). The average molecular weight is 465 g/mol. The Balaban J connectivity index is 1.41. The Kier molecular flexibility index (Phi) is 7.68. The molecule has 0 radical (unpaired) electrons. The lowest BCUT2D eigenvalue weighted by Crippen LogP contribution is -2.55. The zero-order valence-electron chi connectivity index (χ0n) is 17.6. The van der Waals surface area contributed by atoms with Gasteiger partial charge in [-0.25, -0.2) is 0 Å². The van der Waals surface area contributed by atoms with Crippen LogP contribution in [0.2, 0.25) is 5.02 Å². The van der Waals surface area contributed by atoms with Gasteiger partial charge < -0.3 is 34.6 Å². The van der Waals surface area contributed by atoms with Gasteiger partial charge in [0.2, 0.25) is 0 Å². The third kappa shape index (κ3) is 5.61. The van der Waals surface area contributed by atoms with Crippen LogP contribution in [0.3, 0.4) is 0 Å². The zero-order chi connectivity index (χ0) is 22.7. The highest BCUT2D eigenvalue weighted by atomic mass is 35.5. The fourth-order valence-corrected chi connectivity index (χ4v) is 4.00. The minimum absolute atomic E-state index is 0.421. The summed E-state index contributed by atoms with van der Waals surface area (Å²) in [5.74, 6) is 0.773. The van der Waals surface area contributed by atoms with Crippen LogP contribution in [0.1, 0.15) is 35.6 Å². The molecule has 0 amide bonds. The lowest BCUT2D eigenvalue weighted by Gasteiger charge is -2.40. The largest absolute Gasteiger partial charge is 0.491 e. The van der Waals surface area contributed by atoms with Crippen molar-refractivity contribution in [3.63, 3.8) is 0 Å². The summed E-state index contributed by atoms with van der Waals surface area (Å²) in [7, 11) is 0. The number of aliphatic hydroxyl groups excluding tert-OH is 4. The van der Waals surface area contributed by atoms with Crippen LogP contribution in [0.4, 0.5) is 0 Å². The first kappa shape index (κ1) is 23.4. The van der Waals surface area contributed by atoms with Crippen molar-refractivity contribution in [3.8, 4) is 5.75 Å². The molecule has 0 aromatic heterocycles. The SMILES string of the molecule is OCC1O[C@@H](c2ccc(Cl)c(Cc3ccc(OCCOC4CC4)cc3)c2)C(O)C(O)[C@@H]1O. The summed E-state index contributed by atoms with van der Waals surface area (Å²) < 4.78 is 16.9. The van der Waals surface area contributed by atoms with Crippen LogP contribution in [0.5, 0.6) is 5.75 Å². The Hall–Kier alpha value is -1.71. The van der Waals surface area contributed by atoms with E-state index < -0.39 is 37.1 Å². The van der Waals surface area contributed by atoms with Crippen LogP contribution in [0, 0.1) is 0 Å². The smallest absolute Gasteiger partial charge is 0.119 e. The molecular formula is C24H29ClO7. The van der Waals surface area contributed by atoms with Crippen molar-refractivity contribution in [2.45, 2.75) is 55.9 Å². The summed E-state index contributed by atoms with van der Waals surface area (Å²) in [5.41, 5.74) is 2.46. The van der Waals surface area contributed by atoms with Gasteiger partial charge in [-0.05, 0) is 54.2 Å². The Morgan fingerprint density at radius 3 is 2.38 bits per heavy atom. The maximum absolute atomic E-state index is 10.4. The number of ether oxygens (including phenoxy) is 3. The maximum atomic E-state index is 10.4. The van der Waals surface area contributed by atoms with Gasteiger partial charge in [0, 0.05) is 5.02 Å². The molecule has 1 saturated heterocycles. The number of hydrogen-bond acceptors (Lipinski definition) is 7. The summed E-state index contributed by atoms with van der Waals surface area (Å²) >= 11 is 6.40. The summed E-state index contributed by atoms with van der Waals surface area (Å²) in [5, 5.41) is 40.5. The van der Waals surface area contributed by atoms with Crippen molar-refractivity contribution >= 4 is 11.6 Å². The first-order valence-corrected chi connectivity index (χ1v) is 11.3. The van der Waals surface area contributed by atoms with Gasteiger partial charge in [0.1, 0.15) is 42.9 Å². The Morgan fingerprint density at radius 1 is 0.938 bits per heavy atom. The van der Waals surface area contributed by atoms with E-state index in [1.54, 1.807) is 12.1 Å². The van der Waals surface area contributed by atoms with E-state index in [0.717, 1.165) is 29.7 Å². The van der Waals surface area contributed by atoms with E-state index in [1.807, 2.05) is 30.3 Å². The molecule has 3 unspecified atom stereocenters. The Morgan fingerprint density at radius 2 is 1.69 bits per heavy atom. The summed E-state index contributed by atoms with van der Waals surface area (Å²) in [6, 6.07) is 13.0. The van der Waals surface area contributed by atoms with E-state index in [4.69, 9.17) is 25.8 Å². The molecule has 2 aliphatic rings. The first-order chi connectivity index (χ1) is 15.5. The van der Waals surface area contributed by atoms with Crippen molar-refractivity contribution < 1.29 is 34.6 Å². The first-order valence-electron chi connectivity index (χ1n) is 10.9. The molecule has 1 heterocycles. The molecule has 2 aromatic carbocycles. The van der Waals surface area contributed by atoms with Gasteiger partial charge in [0.15, 0.2) is 0 Å². The molecule has 8 heteroatoms. The van der Waals surface area contributed by atoms with Crippen molar-refractivity contribution in [3.05, 3.63) is 64.2 Å². The minimum Gasteiger partial charge on any atom is -0.491 e. The molecule has 2 fully saturated rings. The topological polar surface area (TPSA) is 109 Å². The summed E-state index contributed by atoms with van der Waals surface area (Å²) in [4.78, 5) is 0. The van der Waals surface area contributed by atoms with Crippen LogP contribution in [0.25, 0.3) is 0 Å². The molecule has 32 heavy (non-hydrogen) atoms. The van der Waals surface area contributed by atoms with Gasteiger partial charge in [-0.15, -0.1) is 0 Å². The molecule has 4 N–H and O–H groups in total. The van der Waals surface area contributed by atoms with Crippen LogP contribution in [-0.2, 0) is 15.9 Å². The average Bonchev–Trinajstić information content (AvgIpc) is 3.63. The Bertz CT molecular complexity index is 884. The van der Waals surface area contributed by atoms with Gasteiger partial charge in [-0.1, -0.05) is 35.9 Å². The normalized spacial score (nSPS) is 28.0. The number of rotatable bonds is 9. The van der Waals surface area contributed by atoms with E-state index in [2.05, 4.69) is 0 Å². The molecule has 1 aliphatic carbocycles. The quantitative estimate of drug-likeness (QED) is 0.420. The van der Waals surface area contributed by atoms with Crippen LogP contribution in [-0.4, -0.2) is 70.8 Å². The molecule has 2 aromatic rings. The fourth-order valence-electron chi connectivity index (χ4n) is 3.82. The van der Waals surface area contributed by atoms with Gasteiger partial charge in [0.25, 0.3) is 0 Å². The van der Waals surface area contributed by atoms with E-state index in [-0.39, 0.29) is 0 Å². The van der Waals surface area contributed by atoms with Crippen molar-refractivity contribution in [1.82, 2.24) is 0 Å². The lowest BCUT2D eigenvalue weighted by atomic mass is 9.90. The van der Waals surface area contributed by atoms with E-state index in [9.17, 15) is 20.4 Å². The zero-order valence-corrected chi connectivity index (χ0v) is 18.4. The molecule has 0 bridgehead atoms. The highest BCUT2D eigenvalue weighted by Gasteiger charge is 2.44. The van der Waals surface area contributed by atoms with E-state index in [0.29, 0.717) is 36.3 Å². The molecule has 1 aliphatic heterocycles. The second kappa shape index (κ2) is 10.5. The third-order valence-corrected chi connectivity index (χ3v) is 6.21. The van der Waals surface area contributed by atoms with E-state index in [1.165, 1.54) is 0 Å². The van der Waals surface area contributed by atoms with Crippen LogP contribution in [0.15, 0.2) is 42.5 Å². The predicted octanol–water partition coefficient (Wildman–Crippen LogP) is 2.00. The number of benzene rings is 2. The summed E-state index contributed by atoms with van der Waals surface area (Å²) in [6.07, 6.45) is -2.73. The van der Waals surface area contributed by atoms with Gasteiger partial charge in [-0.3, -0.25) is 0 Å². The van der Waals surface area contributed by atoms with Crippen LogP contribution < -0.4 is 4.74 Å². The minimum atomic E-state index is -1.42. The number of hydrogen-bond donors (Lipinski definition) is 4. The van der Waals surface area contributed by atoms with E-state index >= 15 is 0 Å². The molecule has 1 saturated carbocycles. The number of aliphatic hydroxyl groups is 4. The van der Waals surface area contributed by atoms with Crippen molar-refractivity contribution in [2.24, 2.45) is 0 Å². The molecular weight excluding hydrogens is 436 g/mol. The second-order valence-corrected chi connectivity index (χ2v) is 8.75. The molecule has 0 spiro atoms. The summed E-state index contributed by atoms with van der Waals surface area (Å²) in [6.45, 7) is 0.638. The molecule has 5 atom stereocenters. The van der Waals surface area contributed by atoms with Crippen molar-refractivity contribution in [2.75, 3.05) is 19.8 Å². The Labute approximate surface area is 192 Å². The van der Waals surface area contributed by atoms with Gasteiger partial charge in [-0.2, -0.15) is 0 Å². The molecule has 174 valence electrons. The highest BCUT2D eigenvalue weighted by Crippen LogP contribution is 2.34. The maximum Gasteiger partial charge on any atom is 0.119 e. The van der Waals surface area contributed by atoms with Gasteiger partial charge in [0.05, 0.1) is 19.3 Å². The second-order valence-electron chi connectivity index (χ2n) is 8.34. The van der Waals surface area contributed by atoms with Gasteiger partial charge >= 0.3 is 0 Å². The standard InChI is InChI=1S/C24H29ClO7/c25-19-8-3-15(24-23(29)22(28)21(27)20(13-26)32-24)12-16(19)11-14-1-4-17(5-2-14)30-9-10-31-18-6-7-18/h1-5,8,12,18,20-24,26-29H,6-7,9-11,13H2/t20?,21-,22?,23?,24+/m1/s1. The number of halogens is 1. The highest BCUT2D eigenvalue weighted by molar-refractivity contribution is 6.31. The lowest BCUT2D eigenvalue weighted by molar-refractivity contribution is -0.231. The third-order valence-electron chi connectivity index (χ3n) is 5.84. The predicted molar refractivity (Wildman–Crippen MR) is 118 cm³/mol. The monoisotopic (exact) mass is 464 g/mol. The van der Waals surface area contributed by atoms with Crippen molar-refractivity contribution in [1.29, 1.82) is 0 Å².